The van der Waals surface area contributed by atoms with Gasteiger partial charge in [0.1, 0.15) is 5.75 Å². The molecule has 0 bridgehead atoms. The molecular formula is C40H26F6N2O5. The van der Waals surface area contributed by atoms with Crippen LogP contribution in [-0.4, -0.2) is 53.0 Å². The first-order valence-electron chi connectivity index (χ1n) is 16.0. The Bertz CT molecular complexity index is 2270. The molecule has 5 aromatic carbocycles. The number of imide groups is 2. The number of carbonyl (C=O) groups is 4. The summed E-state index contributed by atoms with van der Waals surface area (Å²) >= 11 is 0. The van der Waals surface area contributed by atoms with Crippen molar-refractivity contribution in [2.24, 2.45) is 0 Å². The van der Waals surface area contributed by atoms with E-state index in [4.69, 9.17) is 0 Å². The maximum absolute atomic E-state index is 15.0. The summed E-state index contributed by atoms with van der Waals surface area (Å²) in [6, 6.07) is 23.8. The van der Waals surface area contributed by atoms with Gasteiger partial charge in [0.05, 0.1) is 27.9 Å². The van der Waals surface area contributed by atoms with Crippen molar-refractivity contribution in [2.45, 2.75) is 30.6 Å². The van der Waals surface area contributed by atoms with Crippen molar-refractivity contribution in [3.05, 3.63) is 165 Å². The van der Waals surface area contributed by atoms with Crippen LogP contribution in [0.15, 0.2) is 109 Å². The van der Waals surface area contributed by atoms with E-state index in [-0.39, 0.29) is 22.9 Å². The van der Waals surface area contributed by atoms with Gasteiger partial charge in [0.2, 0.25) is 5.41 Å². The molecule has 4 amide bonds. The van der Waals surface area contributed by atoms with Crippen molar-refractivity contribution in [1.82, 2.24) is 4.90 Å². The molecule has 2 aliphatic rings. The highest BCUT2D eigenvalue weighted by atomic mass is 19.4. The van der Waals surface area contributed by atoms with E-state index < -0.39 is 69.2 Å². The van der Waals surface area contributed by atoms with E-state index in [1.807, 2.05) is 31.2 Å². The number of phenolic OH excluding ortho intramolecular Hbond substituents is 1. The molecule has 1 unspecified atom stereocenters. The highest BCUT2D eigenvalue weighted by molar-refractivity contribution is 6.34. The number of rotatable bonds is 6. The average molecular weight is 729 g/mol. The van der Waals surface area contributed by atoms with Gasteiger partial charge < -0.3 is 5.11 Å². The fraction of sp³-hybridized carbons (Fsp3) is 0.150. The molecule has 0 radical (unpaired) electrons. The first kappa shape index (κ1) is 35.2. The van der Waals surface area contributed by atoms with Crippen LogP contribution in [0, 0.1) is 6.92 Å². The predicted octanol–water partition coefficient (Wildman–Crippen LogP) is 8.32. The lowest BCUT2D eigenvalue weighted by Gasteiger charge is -2.38. The van der Waals surface area contributed by atoms with Crippen LogP contribution in [0.5, 0.6) is 5.75 Å². The van der Waals surface area contributed by atoms with Crippen molar-refractivity contribution >= 4 is 29.3 Å². The third kappa shape index (κ3) is 5.37. The quantitative estimate of drug-likeness (QED) is 0.108. The SMILES string of the molecule is Cc1ccc(C(c2ccc(O)cc2)c2ccc(N3C(=O)c4ccc(C(c5ccc6c(c5)C(=O)N(C)C6=O)(C(F)(F)F)C(F)(F)F)cc4C3=O)cc2)cc1. The molecule has 7 rings (SSSR count). The van der Waals surface area contributed by atoms with Gasteiger partial charge in [-0.15, -0.1) is 0 Å². The largest absolute Gasteiger partial charge is 0.508 e. The highest BCUT2D eigenvalue weighted by Gasteiger charge is 2.73. The molecule has 0 spiro atoms. The average Bonchev–Trinajstić information content (AvgIpc) is 3.48. The second-order valence-corrected chi connectivity index (χ2v) is 12.9. The van der Waals surface area contributed by atoms with E-state index in [9.17, 15) is 24.3 Å². The van der Waals surface area contributed by atoms with E-state index >= 15 is 26.3 Å². The molecule has 0 aromatic heterocycles. The Hall–Kier alpha value is -6.24. The Morgan fingerprint density at radius 3 is 1.42 bits per heavy atom. The topological polar surface area (TPSA) is 95.0 Å². The van der Waals surface area contributed by atoms with Gasteiger partial charge in [-0.2, -0.15) is 26.3 Å². The summed E-state index contributed by atoms with van der Waals surface area (Å²) in [7, 11) is 1.05. The van der Waals surface area contributed by atoms with E-state index in [2.05, 4.69) is 0 Å². The Morgan fingerprint density at radius 2 is 0.925 bits per heavy atom. The third-order valence-corrected chi connectivity index (χ3v) is 9.81. The molecule has 0 saturated carbocycles. The number of amides is 4. The lowest BCUT2D eigenvalue weighted by molar-refractivity contribution is -0.288. The first-order valence-corrected chi connectivity index (χ1v) is 16.0. The molecule has 268 valence electrons. The Kier molecular flexibility index (Phi) is 8.08. The smallest absolute Gasteiger partial charge is 0.411 e. The number of hydrogen-bond acceptors (Lipinski definition) is 5. The fourth-order valence-electron chi connectivity index (χ4n) is 7.10. The number of halogens is 6. The maximum Gasteiger partial charge on any atom is 0.411 e. The standard InChI is InChI=1S/C40H26F6N2O5/c1-21-3-5-22(6-4-21)33(24-9-15-28(49)16-10-24)23-7-13-27(14-8-23)48-36(52)30-18-12-26(20-32(30)37(48)53)38(39(41,42)43,40(44,45)46)25-11-17-29-31(19-25)35(51)47(2)34(29)50/h3-20,33,49H,1-2H3. The number of phenols is 1. The maximum atomic E-state index is 15.0. The molecule has 1 atom stereocenters. The minimum atomic E-state index is -6.07. The van der Waals surface area contributed by atoms with E-state index in [1.54, 1.807) is 24.3 Å². The van der Waals surface area contributed by atoms with E-state index in [1.165, 1.54) is 24.3 Å². The van der Waals surface area contributed by atoms with E-state index in [0.29, 0.717) is 34.1 Å². The zero-order chi connectivity index (χ0) is 38.2. The summed E-state index contributed by atoms with van der Waals surface area (Å²) < 4.78 is 90.3. The van der Waals surface area contributed by atoms with Crippen molar-refractivity contribution in [3.8, 4) is 5.75 Å². The zero-order valence-electron chi connectivity index (χ0n) is 27.7. The molecule has 0 saturated heterocycles. The number of aromatic hydroxyl groups is 1. The van der Waals surface area contributed by atoms with Crippen LogP contribution >= 0.6 is 0 Å². The molecule has 13 heteroatoms. The summed E-state index contributed by atoms with van der Waals surface area (Å²) in [6.07, 6.45) is -12.1. The molecule has 2 aliphatic heterocycles. The van der Waals surface area contributed by atoms with Gasteiger partial charge in [-0.3, -0.25) is 24.1 Å². The third-order valence-electron chi connectivity index (χ3n) is 9.81. The minimum absolute atomic E-state index is 0.0266. The number of alkyl halides is 6. The molecule has 0 fully saturated rings. The summed E-state index contributed by atoms with van der Waals surface area (Å²) in [5.41, 5.74) is -6.15. The summed E-state index contributed by atoms with van der Waals surface area (Å²) in [4.78, 5) is 53.5. The second-order valence-electron chi connectivity index (χ2n) is 12.9. The molecule has 7 nitrogen and oxygen atoms in total. The lowest BCUT2D eigenvalue weighted by Crippen LogP contribution is -2.55. The van der Waals surface area contributed by atoms with Crippen molar-refractivity contribution in [1.29, 1.82) is 0 Å². The Balaban J connectivity index is 1.29. The fourth-order valence-corrected chi connectivity index (χ4v) is 7.10. The van der Waals surface area contributed by atoms with Gasteiger partial charge in [-0.05, 0) is 83.3 Å². The van der Waals surface area contributed by atoms with Gasteiger partial charge in [-0.25, -0.2) is 4.90 Å². The van der Waals surface area contributed by atoms with E-state index in [0.717, 1.165) is 41.4 Å². The van der Waals surface area contributed by atoms with Crippen LogP contribution in [0.1, 0.15) is 80.7 Å². The van der Waals surface area contributed by atoms with Gasteiger partial charge in [0.25, 0.3) is 23.6 Å². The van der Waals surface area contributed by atoms with Gasteiger partial charge >= 0.3 is 12.4 Å². The van der Waals surface area contributed by atoms with Crippen LogP contribution in [0.4, 0.5) is 32.0 Å². The lowest BCUT2D eigenvalue weighted by atomic mass is 9.71. The van der Waals surface area contributed by atoms with Crippen molar-refractivity contribution < 1.29 is 50.6 Å². The number of fused-ring (bicyclic) bond motifs is 2. The highest BCUT2D eigenvalue weighted by Crippen LogP contribution is 2.57. The summed E-state index contributed by atoms with van der Waals surface area (Å²) in [5, 5.41) is 9.85. The van der Waals surface area contributed by atoms with Crippen LogP contribution in [0.3, 0.4) is 0 Å². The molecule has 0 aliphatic carbocycles. The molecule has 1 N–H and O–H groups in total. The zero-order valence-corrected chi connectivity index (χ0v) is 27.7. The van der Waals surface area contributed by atoms with Crippen molar-refractivity contribution in [3.63, 3.8) is 0 Å². The number of carbonyl (C=O) groups excluding carboxylic acids is 4. The number of nitrogens with zero attached hydrogens (tertiary/aromatic N) is 2. The normalized spacial score (nSPS) is 15.2. The van der Waals surface area contributed by atoms with Crippen LogP contribution in [-0.2, 0) is 5.41 Å². The molecule has 5 aromatic rings. The minimum Gasteiger partial charge on any atom is -0.508 e. The number of anilines is 1. The monoisotopic (exact) mass is 728 g/mol. The second kappa shape index (κ2) is 12.2. The number of hydrogen-bond donors (Lipinski definition) is 1. The van der Waals surface area contributed by atoms with Crippen LogP contribution in [0.2, 0.25) is 0 Å². The summed E-state index contributed by atoms with van der Waals surface area (Å²) in [5.74, 6) is -4.33. The number of aryl methyl sites for hydroxylation is 1. The first-order chi connectivity index (χ1) is 25.0. The van der Waals surface area contributed by atoms with Crippen molar-refractivity contribution in [2.75, 3.05) is 11.9 Å². The summed E-state index contributed by atoms with van der Waals surface area (Å²) in [6.45, 7) is 1.93. The Labute approximate surface area is 297 Å². The molecule has 53 heavy (non-hydrogen) atoms. The van der Waals surface area contributed by atoms with Crippen LogP contribution in [0.25, 0.3) is 0 Å². The number of benzene rings is 5. The molecule has 2 heterocycles. The Morgan fingerprint density at radius 1 is 0.528 bits per heavy atom. The van der Waals surface area contributed by atoms with Gasteiger partial charge in [-0.1, -0.05) is 66.2 Å². The predicted molar refractivity (Wildman–Crippen MR) is 180 cm³/mol. The van der Waals surface area contributed by atoms with Crippen LogP contribution < -0.4 is 4.90 Å². The van der Waals surface area contributed by atoms with Gasteiger partial charge in [0.15, 0.2) is 0 Å². The van der Waals surface area contributed by atoms with Gasteiger partial charge in [0, 0.05) is 13.0 Å². The molecular weight excluding hydrogens is 702 g/mol.